The van der Waals surface area contributed by atoms with Gasteiger partial charge in [-0.15, -0.1) is 0 Å². The molecule has 6 nitrogen and oxygen atoms in total. The van der Waals surface area contributed by atoms with E-state index in [0.717, 1.165) is 11.0 Å². The summed E-state index contributed by atoms with van der Waals surface area (Å²) in [6, 6.07) is 5.28. The standard InChI is InChI=1S/C27H42F3NO5Si/c1-25(2,3)35-24(33)31(23(32)14-12-10-11-13-17-27(28,29)30)19-20-15-16-21(22(18-20)34-7)36-37(8,9)26(4,5)6/h13,15-18H,10-12,14,19H2,1-9H3/b17-13-. The van der Waals surface area contributed by atoms with Gasteiger partial charge in [-0.1, -0.05) is 32.9 Å². The van der Waals surface area contributed by atoms with Crippen molar-refractivity contribution in [2.45, 2.75) is 104 Å². The quantitative estimate of drug-likeness (QED) is 0.169. The van der Waals surface area contributed by atoms with E-state index in [1.165, 1.54) is 7.11 Å². The lowest BCUT2D eigenvalue weighted by Gasteiger charge is -2.36. The fourth-order valence-electron chi connectivity index (χ4n) is 2.97. The van der Waals surface area contributed by atoms with Gasteiger partial charge in [-0.25, -0.2) is 9.69 Å². The average Bonchev–Trinajstić information content (AvgIpc) is 2.72. The molecular formula is C27H42F3NO5Si. The van der Waals surface area contributed by atoms with Gasteiger partial charge in [0, 0.05) is 12.5 Å². The molecule has 0 N–H and O–H groups in total. The number of carbonyl (C=O) groups is 2. The number of methoxy groups -OCH3 is 1. The molecule has 2 amide bonds. The van der Waals surface area contributed by atoms with Gasteiger partial charge < -0.3 is 13.9 Å². The van der Waals surface area contributed by atoms with Gasteiger partial charge in [0.05, 0.1) is 13.7 Å². The number of carbonyl (C=O) groups excluding carboxylic acids is 2. The molecule has 0 aliphatic carbocycles. The fourth-order valence-corrected chi connectivity index (χ4v) is 3.99. The van der Waals surface area contributed by atoms with Crippen molar-refractivity contribution >= 4 is 20.3 Å². The number of amides is 2. The first kappa shape index (κ1) is 32.5. The monoisotopic (exact) mass is 545 g/mol. The first-order valence-corrected chi connectivity index (χ1v) is 15.3. The molecule has 0 unspecified atom stereocenters. The largest absolute Gasteiger partial charge is 0.541 e. The smallest absolute Gasteiger partial charge is 0.417 e. The van der Waals surface area contributed by atoms with Crippen molar-refractivity contribution in [1.82, 2.24) is 4.90 Å². The van der Waals surface area contributed by atoms with Crippen LogP contribution >= 0.6 is 0 Å². The maximum Gasteiger partial charge on any atom is 0.417 e. The van der Waals surface area contributed by atoms with Crippen molar-refractivity contribution in [3.63, 3.8) is 0 Å². The van der Waals surface area contributed by atoms with Gasteiger partial charge in [-0.3, -0.25) is 4.79 Å². The van der Waals surface area contributed by atoms with E-state index in [9.17, 15) is 22.8 Å². The van der Waals surface area contributed by atoms with E-state index in [4.69, 9.17) is 13.9 Å². The summed E-state index contributed by atoms with van der Waals surface area (Å²) in [6.07, 6.45) is -3.00. The number of benzene rings is 1. The molecule has 0 fully saturated rings. The Morgan fingerprint density at radius 3 is 2.14 bits per heavy atom. The first-order chi connectivity index (χ1) is 16.8. The molecule has 1 aromatic carbocycles. The van der Waals surface area contributed by atoms with Crippen LogP contribution in [-0.4, -0.2) is 44.1 Å². The van der Waals surface area contributed by atoms with Crippen molar-refractivity contribution in [3.8, 4) is 11.5 Å². The lowest BCUT2D eigenvalue weighted by atomic mass is 10.1. The number of unbranched alkanes of at least 4 members (excludes halogenated alkanes) is 2. The molecule has 10 heteroatoms. The van der Waals surface area contributed by atoms with Crippen LogP contribution in [0.15, 0.2) is 30.4 Å². The van der Waals surface area contributed by atoms with Gasteiger partial charge >= 0.3 is 12.3 Å². The van der Waals surface area contributed by atoms with Crippen molar-refractivity contribution in [2.75, 3.05) is 7.11 Å². The zero-order valence-corrected chi connectivity index (χ0v) is 24.5. The topological polar surface area (TPSA) is 65.1 Å². The van der Waals surface area contributed by atoms with Crippen LogP contribution in [0.4, 0.5) is 18.0 Å². The Labute approximate surface area is 220 Å². The lowest BCUT2D eigenvalue weighted by molar-refractivity contribution is -0.131. The highest BCUT2D eigenvalue weighted by molar-refractivity contribution is 6.74. The molecule has 0 saturated carbocycles. The van der Waals surface area contributed by atoms with Crippen LogP contribution in [0.5, 0.6) is 11.5 Å². The van der Waals surface area contributed by atoms with Crippen molar-refractivity contribution in [2.24, 2.45) is 0 Å². The van der Waals surface area contributed by atoms with E-state index < -0.39 is 32.1 Å². The minimum atomic E-state index is -4.35. The molecule has 0 atom stereocenters. The highest BCUT2D eigenvalue weighted by Crippen LogP contribution is 2.40. The summed E-state index contributed by atoms with van der Waals surface area (Å²) in [7, 11) is -0.597. The van der Waals surface area contributed by atoms with Gasteiger partial charge in [-0.2, -0.15) is 13.2 Å². The highest BCUT2D eigenvalue weighted by Gasteiger charge is 2.39. The number of allylic oxidation sites excluding steroid dienone is 2. The Hall–Kier alpha value is -2.49. The van der Waals surface area contributed by atoms with Gasteiger partial charge in [0.25, 0.3) is 8.32 Å². The SMILES string of the molecule is COc1cc(CN(C(=O)CCCC/C=C\C(F)(F)F)C(=O)OC(C)(C)C)ccc1O[Si](C)(C)C(C)(C)C. The lowest BCUT2D eigenvalue weighted by Crippen LogP contribution is -2.44. The second kappa shape index (κ2) is 12.8. The molecule has 0 spiro atoms. The number of halogens is 3. The first-order valence-electron chi connectivity index (χ1n) is 12.4. The van der Waals surface area contributed by atoms with E-state index in [2.05, 4.69) is 33.9 Å². The maximum absolute atomic E-state index is 13.0. The van der Waals surface area contributed by atoms with Gasteiger partial charge in [0.15, 0.2) is 5.75 Å². The summed E-state index contributed by atoms with van der Waals surface area (Å²) in [5, 5.41) is -0.0147. The Morgan fingerprint density at radius 1 is 1.00 bits per heavy atom. The third-order valence-electron chi connectivity index (χ3n) is 5.97. The van der Waals surface area contributed by atoms with E-state index in [0.29, 0.717) is 29.9 Å². The molecule has 37 heavy (non-hydrogen) atoms. The van der Waals surface area contributed by atoms with Crippen LogP contribution in [0, 0.1) is 0 Å². The molecule has 210 valence electrons. The van der Waals surface area contributed by atoms with E-state index in [1.54, 1.807) is 39.0 Å². The fraction of sp³-hybridized carbons (Fsp3) is 0.630. The number of alkyl halides is 3. The second-order valence-electron chi connectivity index (χ2n) is 11.5. The van der Waals surface area contributed by atoms with Crippen LogP contribution in [0.25, 0.3) is 0 Å². The Balaban J connectivity index is 3.04. The summed E-state index contributed by atoms with van der Waals surface area (Å²) in [6.45, 7) is 15.7. The Morgan fingerprint density at radius 2 is 1.62 bits per heavy atom. The van der Waals surface area contributed by atoms with Gasteiger partial charge in [-0.05, 0) is 75.9 Å². The Bertz CT molecular complexity index is 947. The highest BCUT2D eigenvalue weighted by atomic mass is 28.4. The summed E-state index contributed by atoms with van der Waals surface area (Å²) >= 11 is 0. The van der Waals surface area contributed by atoms with Crippen LogP contribution in [0.2, 0.25) is 18.1 Å². The van der Waals surface area contributed by atoms with Crippen LogP contribution in [0.3, 0.4) is 0 Å². The molecule has 0 radical (unpaired) electrons. The molecule has 0 aliphatic rings. The molecule has 1 aromatic rings. The number of hydrogen-bond donors (Lipinski definition) is 0. The molecular weight excluding hydrogens is 503 g/mol. The number of rotatable bonds is 10. The predicted octanol–water partition coefficient (Wildman–Crippen LogP) is 8.02. The number of nitrogens with zero attached hydrogens (tertiary/aromatic N) is 1. The van der Waals surface area contributed by atoms with E-state index in [-0.39, 0.29) is 30.5 Å². The molecule has 0 aromatic heterocycles. The summed E-state index contributed by atoms with van der Waals surface area (Å²) in [4.78, 5) is 26.9. The van der Waals surface area contributed by atoms with Crippen molar-refractivity contribution in [1.29, 1.82) is 0 Å². The molecule has 0 aliphatic heterocycles. The summed E-state index contributed by atoms with van der Waals surface area (Å²) < 4.78 is 54.0. The zero-order valence-electron chi connectivity index (χ0n) is 23.5. The number of ether oxygens (including phenoxy) is 2. The summed E-state index contributed by atoms with van der Waals surface area (Å²) in [5.74, 6) is 0.630. The van der Waals surface area contributed by atoms with Crippen LogP contribution < -0.4 is 9.16 Å². The third-order valence-corrected chi connectivity index (χ3v) is 10.3. The Kier molecular flexibility index (Phi) is 11.3. The third kappa shape index (κ3) is 11.6. The number of imide groups is 1. The van der Waals surface area contributed by atoms with E-state index >= 15 is 0 Å². The minimum Gasteiger partial charge on any atom is -0.541 e. The van der Waals surface area contributed by atoms with Crippen molar-refractivity contribution < 1.29 is 36.7 Å². The van der Waals surface area contributed by atoms with Gasteiger partial charge in [0.1, 0.15) is 11.4 Å². The maximum atomic E-state index is 13.0. The summed E-state index contributed by atoms with van der Waals surface area (Å²) in [5.41, 5.74) is -0.164. The molecule has 0 saturated heterocycles. The van der Waals surface area contributed by atoms with Crippen LogP contribution in [-0.2, 0) is 16.1 Å². The predicted molar refractivity (Wildman–Crippen MR) is 141 cm³/mol. The minimum absolute atomic E-state index is 0.00278. The molecule has 0 bridgehead atoms. The molecule has 1 rings (SSSR count). The molecule has 0 heterocycles. The van der Waals surface area contributed by atoms with Crippen molar-refractivity contribution in [3.05, 3.63) is 35.9 Å². The average molecular weight is 546 g/mol. The second-order valence-corrected chi connectivity index (χ2v) is 16.2. The zero-order chi connectivity index (χ0) is 28.7. The van der Waals surface area contributed by atoms with Crippen LogP contribution in [0.1, 0.15) is 72.8 Å². The van der Waals surface area contributed by atoms with E-state index in [1.807, 2.05) is 0 Å². The van der Waals surface area contributed by atoms with Gasteiger partial charge in [0.2, 0.25) is 5.91 Å². The number of hydrogen-bond acceptors (Lipinski definition) is 5. The normalized spacial score (nSPS) is 13.0.